The van der Waals surface area contributed by atoms with E-state index in [0.29, 0.717) is 24.5 Å². The van der Waals surface area contributed by atoms with Crippen molar-refractivity contribution >= 4 is 23.0 Å². The SMILES string of the molecule is CCc1cnc(CNc2cc3c(cc2N)CC(=O)N3)o1. The molecule has 3 rings (SSSR count). The lowest BCUT2D eigenvalue weighted by Crippen LogP contribution is -2.04. The number of carbonyl (C=O) groups excluding carboxylic acids is 1. The highest BCUT2D eigenvalue weighted by molar-refractivity contribution is 6.00. The van der Waals surface area contributed by atoms with Crippen LogP contribution in [-0.4, -0.2) is 10.9 Å². The second-order valence-corrected chi connectivity index (χ2v) is 4.75. The summed E-state index contributed by atoms with van der Waals surface area (Å²) in [5.41, 5.74) is 9.11. The predicted octanol–water partition coefficient (Wildman–Crippen LogP) is 1.93. The first-order valence-corrected chi connectivity index (χ1v) is 6.55. The zero-order chi connectivity index (χ0) is 14.1. The molecule has 1 amide bonds. The molecule has 6 nitrogen and oxygen atoms in total. The molecule has 104 valence electrons. The summed E-state index contributed by atoms with van der Waals surface area (Å²) in [7, 11) is 0. The van der Waals surface area contributed by atoms with Crippen molar-refractivity contribution in [2.24, 2.45) is 0 Å². The van der Waals surface area contributed by atoms with Gasteiger partial charge in [0, 0.05) is 12.1 Å². The van der Waals surface area contributed by atoms with E-state index in [1.54, 1.807) is 6.20 Å². The van der Waals surface area contributed by atoms with Gasteiger partial charge in [0.05, 0.1) is 30.5 Å². The number of hydrogen-bond donors (Lipinski definition) is 3. The predicted molar refractivity (Wildman–Crippen MR) is 76.4 cm³/mol. The van der Waals surface area contributed by atoms with E-state index in [0.717, 1.165) is 29.1 Å². The number of hydrogen-bond acceptors (Lipinski definition) is 5. The molecular weight excluding hydrogens is 256 g/mol. The summed E-state index contributed by atoms with van der Waals surface area (Å²) in [5, 5.41) is 5.98. The molecule has 0 bridgehead atoms. The van der Waals surface area contributed by atoms with Crippen molar-refractivity contribution in [3.05, 3.63) is 35.5 Å². The number of nitrogens with zero attached hydrogens (tertiary/aromatic N) is 1. The highest BCUT2D eigenvalue weighted by Crippen LogP contribution is 2.31. The fraction of sp³-hybridized carbons (Fsp3) is 0.286. The largest absolute Gasteiger partial charge is 0.444 e. The van der Waals surface area contributed by atoms with Crippen molar-refractivity contribution in [1.29, 1.82) is 0 Å². The number of benzene rings is 1. The number of rotatable bonds is 4. The zero-order valence-electron chi connectivity index (χ0n) is 11.2. The molecular formula is C14H16N4O2. The van der Waals surface area contributed by atoms with Gasteiger partial charge in [0.25, 0.3) is 0 Å². The first kappa shape index (κ1) is 12.5. The van der Waals surface area contributed by atoms with Crippen molar-refractivity contribution in [3.63, 3.8) is 0 Å². The van der Waals surface area contributed by atoms with Crippen LogP contribution in [0.3, 0.4) is 0 Å². The van der Waals surface area contributed by atoms with Crippen molar-refractivity contribution < 1.29 is 9.21 Å². The Morgan fingerprint density at radius 3 is 3.10 bits per heavy atom. The number of oxazole rings is 1. The van der Waals surface area contributed by atoms with E-state index in [9.17, 15) is 4.79 Å². The van der Waals surface area contributed by atoms with Gasteiger partial charge in [0.15, 0.2) is 0 Å². The number of nitrogens with two attached hydrogens (primary N) is 1. The molecule has 1 aromatic carbocycles. The molecule has 2 heterocycles. The first-order valence-electron chi connectivity index (χ1n) is 6.55. The summed E-state index contributed by atoms with van der Waals surface area (Å²) in [6.07, 6.45) is 2.93. The van der Waals surface area contributed by atoms with Crippen molar-refractivity contribution in [2.45, 2.75) is 26.3 Å². The summed E-state index contributed by atoms with van der Waals surface area (Å²) in [6.45, 7) is 2.47. The van der Waals surface area contributed by atoms with Crippen LogP contribution in [0.15, 0.2) is 22.7 Å². The van der Waals surface area contributed by atoms with Crippen LogP contribution in [0, 0.1) is 0 Å². The van der Waals surface area contributed by atoms with Gasteiger partial charge in [-0.05, 0) is 17.7 Å². The molecule has 1 aromatic heterocycles. The van der Waals surface area contributed by atoms with Crippen LogP contribution in [0.4, 0.5) is 17.1 Å². The molecule has 0 saturated heterocycles. The van der Waals surface area contributed by atoms with Crippen molar-refractivity contribution in [3.8, 4) is 0 Å². The Morgan fingerprint density at radius 2 is 2.35 bits per heavy atom. The number of nitrogen functional groups attached to an aromatic ring is 1. The average molecular weight is 272 g/mol. The molecule has 20 heavy (non-hydrogen) atoms. The van der Waals surface area contributed by atoms with Gasteiger partial charge < -0.3 is 20.8 Å². The second-order valence-electron chi connectivity index (χ2n) is 4.75. The number of amides is 1. The maximum absolute atomic E-state index is 11.3. The molecule has 0 atom stereocenters. The van der Waals surface area contributed by atoms with E-state index in [-0.39, 0.29) is 5.91 Å². The van der Waals surface area contributed by atoms with Crippen LogP contribution in [0.2, 0.25) is 0 Å². The molecule has 1 aliphatic rings. The number of nitrogens with one attached hydrogen (secondary N) is 2. The Bertz CT molecular complexity index is 663. The first-order chi connectivity index (χ1) is 9.65. The number of fused-ring (bicyclic) bond motifs is 1. The van der Waals surface area contributed by atoms with Crippen molar-refractivity contribution in [2.75, 3.05) is 16.4 Å². The number of carbonyl (C=O) groups is 1. The van der Waals surface area contributed by atoms with E-state index < -0.39 is 0 Å². The summed E-state index contributed by atoms with van der Waals surface area (Å²) in [4.78, 5) is 15.5. The Morgan fingerprint density at radius 1 is 1.50 bits per heavy atom. The second kappa shape index (κ2) is 4.88. The molecule has 2 aromatic rings. The number of aryl methyl sites for hydroxylation is 1. The molecule has 0 unspecified atom stereocenters. The molecule has 6 heteroatoms. The third-order valence-electron chi connectivity index (χ3n) is 3.28. The fourth-order valence-corrected chi connectivity index (χ4v) is 2.21. The van der Waals surface area contributed by atoms with E-state index in [1.807, 2.05) is 19.1 Å². The lowest BCUT2D eigenvalue weighted by Gasteiger charge is -2.10. The van der Waals surface area contributed by atoms with Crippen LogP contribution in [0.25, 0.3) is 0 Å². The van der Waals surface area contributed by atoms with Gasteiger partial charge in [-0.3, -0.25) is 4.79 Å². The van der Waals surface area contributed by atoms with Gasteiger partial charge in [-0.1, -0.05) is 6.92 Å². The highest BCUT2D eigenvalue weighted by Gasteiger charge is 2.19. The van der Waals surface area contributed by atoms with Gasteiger partial charge >= 0.3 is 0 Å². The van der Waals surface area contributed by atoms with Crippen LogP contribution in [-0.2, 0) is 24.2 Å². The zero-order valence-corrected chi connectivity index (χ0v) is 11.2. The maximum Gasteiger partial charge on any atom is 0.228 e. The average Bonchev–Trinajstić information content (AvgIpc) is 3.01. The van der Waals surface area contributed by atoms with Crippen LogP contribution in [0.5, 0.6) is 0 Å². The standard InChI is InChI=1S/C14H16N4O2/c1-2-9-6-17-14(20-9)7-16-12-5-11-8(3-10(12)15)4-13(19)18-11/h3,5-6,16H,2,4,7,15H2,1H3,(H,18,19). The summed E-state index contributed by atoms with van der Waals surface area (Å²) in [5.74, 6) is 1.47. The van der Waals surface area contributed by atoms with Crippen molar-refractivity contribution in [1.82, 2.24) is 4.98 Å². The number of anilines is 3. The minimum absolute atomic E-state index is 0.00293. The molecule has 0 aliphatic carbocycles. The van der Waals surface area contributed by atoms with E-state index in [1.165, 1.54) is 0 Å². The minimum Gasteiger partial charge on any atom is -0.444 e. The monoisotopic (exact) mass is 272 g/mol. The van der Waals surface area contributed by atoms with Crippen LogP contribution >= 0.6 is 0 Å². The van der Waals surface area contributed by atoms with Gasteiger partial charge in [-0.15, -0.1) is 0 Å². The minimum atomic E-state index is -0.00293. The van der Waals surface area contributed by atoms with Crippen LogP contribution < -0.4 is 16.4 Å². The summed E-state index contributed by atoms with van der Waals surface area (Å²) >= 11 is 0. The quantitative estimate of drug-likeness (QED) is 0.739. The molecule has 0 fully saturated rings. The molecule has 1 aliphatic heterocycles. The Hall–Kier alpha value is -2.50. The Balaban J connectivity index is 1.74. The lowest BCUT2D eigenvalue weighted by atomic mass is 10.1. The molecule has 4 N–H and O–H groups in total. The summed E-state index contributed by atoms with van der Waals surface area (Å²) in [6, 6.07) is 3.67. The van der Waals surface area contributed by atoms with Gasteiger partial charge in [-0.25, -0.2) is 4.98 Å². The normalized spacial score (nSPS) is 13.2. The smallest absolute Gasteiger partial charge is 0.228 e. The lowest BCUT2D eigenvalue weighted by molar-refractivity contribution is -0.115. The van der Waals surface area contributed by atoms with Gasteiger partial charge in [0.2, 0.25) is 11.8 Å². The van der Waals surface area contributed by atoms with E-state index >= 15 is 0 Å². The fourth-order valence-electron chi connectivity index (χ4n) is 2.21. The molecule has 0 radical (unpaired) electrons. The Kier molecular flexibility index (Phi) is 3.06. The van der Waals surface area contributed by atoms with Gasteiger partial charge in [0.1, 0.15) is 5.76 Å². The van der Waals surface area contributed by atoms with Crippen LogP contribution in [0.1, 0.15) is 24.1 Å². The highest BCUT2D eigenvalue weighted by atomic mass is 16.4. The third-order valence-corrected chi connectivity index (χ3v) is 3.28. The summed E-state index contributed by atoms with van der Waals surface area (Å²) < 4.78 is 5.52. The number of aromatic nitrogens is 1. The third kappa shape index (κ3) is 2.32. The molecule has 0 saturated carbocycles. The maximum atomic E-state index is 11.3. The van der Waals surface area contributed by atoms with E-state index in [4.69, 9.17) is 10.2 Å². The van der Waals surface area contributed by atoms with E-state index in [2.05, 4.69) is 15.6 Å². The van der Waals surface area contributed by atoms with Gasteiger partial charge in [-0.2, -0.15) is 0 Å². The Labute approximate surface area is 116 Å². The molecule has 0 spiro atoms. The topological polar surface area (TPSA) is 93.2 Å².